The molecule has 1 atom stereocenters. The first-order valence-corrected chi connectivity index (χ1v) is 9.48. The second-order valence-electron chi connectivity index (χ2n) is 5.62. The van der Waals surface area contributed by atoms with E-state index in [1.165, 1.54) is 6.33 Å². The topological polar surface area (TPSA) is 63.1 Å². The van der Waals surface area contributed by atoms with E-state index in [9.17, 15) is 4.79 Å². The normalized spacial score (nSPS) is 17.4. The summed E-state index contributed by atoms with van der Waals surface area (Å²) in [5, 5.41) is 7.75. The van der Waals surface area contributed by atoms with Gasteiger partial charge in [0.15, 0.2) is 5.11 Å². The maximum atomic E-state index is 12.5. The van der Waals surface area contributed by atoms with Gasteiger partial charge in [-0.1, -0.05) is 24.3 Å². The molecule has 0 radical (unpaired) electrons. The number of thiocarbonyl (C=S) groups is 1. The van der Waals surface area contributed by atoms with Gasteiger partial charge in [0.1, 0.15) is 18.7 Å². The first-order chi connectivity index (χ1) is 11.7. The number of rotatable bonds is 7. The Morgan fingerprint density at radius 3 is 2.58 bits per heavy atom. The van der Waals surface area contributed by atoms with Gasteiger partial charge in [0.05, 0.1) is 13.1 Å². The number of hydrogen-bond donors (Lipinski definition) is 1. The smallest absolute Gasteiger partial charge is 0.251 e. The highest BCUT2D eigenvalue weighted by atomic mass is 32.2. The Morgan fingerprint density at radius 2 is 1.96 bits per heavy atom. The third kappa shape index (κ3) is 3.93. The van der Waals surface area contributed by atoms with E-state index < -0.39 is 0 Å². The van der Waals surface area contributed by atoms with Gasteiger partial charge < -0.3 is 5.32 Å². The highest BCUT2D eigenvalue weighted by Crippen LogP contribution is 2.16. The lowest BCUT2D eigenvalue weighted by atomic mass is 10.1. The molecule has 0 saturated carbocycles. The molecule has 0 spiro atoms. The van der Waals surface area contributed by atoms with Gasteiger partial charge in [-0.15, -0.1) is 0 Å². The molecule has 0 aliphatic carbocycles. The van der Waals surface area contributed by atoms with E-state index in [4.69, 9.17) is 12.2 Å². The number of nitrogens with one attached hydrogen (secondary N) is 1. The molecule has 1 fully saturated rings. The predicted octanol–water partition coefficient (Wildman–Crippen LogP) is 1.66. The standard InChI is InChI=1S/C16H19N5OS2/c1-24-7-6-14-15(22)21(16(23)19-14)9-13-4-2-12(3-5-13)8-20-11-17-10-18-20/h2-5,10-11,14H,6-9H2,1H3,(H,19,23). The van der Waals surface area contributed by atoms with Gasteiger partial charge in [0, 0.05) is 0 Å². The van der Waals surface area contributed by atoms with Gasteiger partial charge >= 0.3 is 0 Å². The van der Waals surface area contributed by atoms with Crippen molar-refractivity contribution in [3.63, 3.8) is 0 Å². The fourth-order valence-corrected chi connectivity index (χ4v) is 3.36. The van der Waals surface area contributed by atoms with Gasteiger partial charge in [-0.05, 0) is 41.8 Å². The van der Waals surface area contributed by atoms with E-state index in [0.717, 1.165) is 23.3 Å². The van der Waals surface area contributed by atoms with E-state index in [0.29, 0.717) is 18.2 Å². The molecule has 1 amide bonds. The molecule has 1 N–H and O–H groups in total. The number of carbonyl (C=O) groups is 1. The molecular weight excluding hydrogens is 342 g/mol. The van der Waals surface area contributed by atoms with Gasteiger partial charge in [-0.2, -0.15) is 16.9 Å². The van der Waals surface area contributed by atoms with Crippen molar-refractivity contribution in [2.45, 2.75) is 25.6 Å². The van der Waals surface area contributed by atoms with Crippen LogP contribution in [-0.4, -0.2) is 48.7 Å². The monoisotopic (exact) mass is 361 g/mol. The second-order valence-corrected chi connectivity index (χ2v) is 6.99. The molecule has 126 valence electrons. The maximum Gasteiger partial charge on any atom is 0.251 e. The number of thioether (sulfide) groups is 1. The SMILES string of the molecule is CSCCC1NC(=S)N(Cc2ccc(Cn3cncn3)cc2)C1=O. The van der Waals surface area contributed by atoms with Crippen molar-refractivity contribution in [2.24, 2.45) is 0 Å². The van der Waals surface area contributed by atoms with Gasteiger partial charge in [-0.25, -0.2) is 9.67 Å². The summed E-state index contributed by atoms with van der Waals surface area (Å²) in [6.45, 7) is 1.18. The molecule has 1 aromatic heterocycles. The number of carbonyl (C=O) groups excluding carboxylic acids is 1. The summed E-state index contributed by atoms with van der Waals surface area (Å²) in [6.07, 6.45) is 6.05. The van der Waals surface area contributed by atoms with E-state index in [1.54, 1.807) is 27.7 Å². The molecule has 1 aromatic carbocycles. The predicted molar refractivity (Wildman–Crippen MR) is 98.6 cm³/mol. The van der Waals surface area contributed by atoms with Crippen LogP contribution in [0, 0.1) is 0 Å². The van der Waals surface area contributed by atoms with E-state index in [2.05, 4.69) is 15.4 Å². The average Bonchev–Trinajstić information content (AvgIpc) is 3.18. The average molecular weight is 361 g/mol. The number of aromatic nitrogens is 3. The summed E-state index contributed by atoms with van der Waals surface area (Å²) in [5.74, 6) is 1.01. The second kappa shape index (κ2) is 7.76. The van der Waals surface area contributed by atoms with Crippen LogP contribution in [0.4, 0.5) is 0 Å². The molecular formula is C16H19N5OS2. The van der Waals surface area contributed by atoms with Crippen molar-refractivity contribution in [2.75, 3.05) is 12.0 Å². The van der Waals surface area contributed by atoms with Crippen molar-refractivity contribution < 1.29 is 4.79 Å². The Kier molecular flexibility index (Phi) is 5.47. The summed E-state index contributed by atoms with van der Waals surface area (Å²) in [4.78, 5) is 18.0. The number of benzene rings is 1. The first-order valence-electron chi connectivity index (χ1n) is 7.68. The molecule has 6 nitrogen and oxygen atoms in total. The lowest BCUT2D eigenvalue weighted by Crippen LogP contribution is -2.31. The summed E-state index contributed by atoms with van der Waals surface area (Å²) < 4.78 is 1.77. The number of hydrogen-bond acceptors (Lipinski definition) is 5. The zero-order chi connectivity index (χ0) is 16.9. The molecule has 24 heavy (non-hydrogen) atoms. The Labute approximate surface area is 150 Å². The molecule has 1 aliphatic rings. The third-order valence-corrected chi connectivity index (χ3v) is 4.87. The third-order valence-electron chi connectivity index (χ3n) is 3.89. The van der Waals surface area contributed by atoms with Crippen molar-refractivity contribution in [3.05, 3.63) is 48.0 Å². The van der Waals surface area contributed by atoms with Crippen LogP contribution in [0.2, 0.25) is 0 Å². The molecule has 2 heterocycles. The number of amides is 1. The first kappa shape index (κ1) is 16.9. The molecule has 1 aliphatic heterocycles. The van der Waals surface area contributed by atoms with Crippen LogP contribution >= 0.6 is 24.0 Å². The van der Waals surface area contributed by atoms with Crippen LogP contribution in [0.5, 0.6) is 0 Å². The van der Waals surface area contributed by atoms with Gasteiger partial charge in [0.25, 0.3) is 5.91 Å². The molecule has 3 rings (SSSR count). The molecule has 1 unspecified atom stereocenters. The summed E-state index contributed by atoms with van der Waals surface area (Å²) in [6, 6.07) is 7.95. The van der Waals surface area contributed by atoms with Crippen molar-refractivity contribution in [3.8, 4) is 0 Å². The Balaban J connectivity index is 1.61. The van der Waals surface area contributed by atoms with Crippen molar-refractivity contribution in [1.82, 2.24) is 25.0 Å². The summed E-state index contributed by atoms with van der Waals surface area (Å²) in [5.41, 5.74) is 2.19. The Hall–Kier alpha value is -1.93. The minimum Gasteiger partial charge on any atom is -0.350 e. The van der Waals surface area contributed by atoms with Crippen LogP contribution < -0.4 is 5.32 Å². The quantitative estimate of drug-likeness (QED) is 0.757. The fraction of sp³-hybridized carbons (Fsp3) is 0.375. The van der Waals surface area contributed by atoms with Crippen LogP contribution in [0.3, 0.4) is 0 Å². The van der Waals surface area contributed by atoms with Gasteiger partial charge in [0.2, 0.25) is 0 Å². The van der Waals surface area contributed by atoms with Crippen molar-refractivity contribution in [1.29, 1.82) is 0 Å². The summed E-state index contributed by atoms with van der Waals surface area (Å²) >= 11 is 7.05. The van der Waals surface area contributed by atoms with E-state index in [-0.39, 0.29) is 11.9 Å². The largest absolute Gasteiger partial charge is 0.350 e. The minimum absolute atomic E-state index is 0.0701. The molecule has 0 bridgehead atoms. The van der Waals surface area contributed by atoms with Crippen LogP contribution in [0.1, 0.15) is 17.5 Å². The van der Waals surface area contributed by atoms with Crippen molar-refractivity contribution >= 4 is 35.0 Å². The summed E-state index contributed by atoms with van der Waals surface area (Å²) in [7, 11) is 0. The molecule has 8 heteroatoms. The van der Waals surface area contributed by atoms with Crippen LogP contribution in [0.25, 0.3) is 0 Å². The number of nitrogens with zero attached hydrogens (tertiary/aromatic N) is 4. The minimum atomic E-state index is -0.184. The highest BCUT2D eigenvalue weighted by molar-refractivity contribution is 7.98. The molecule has 2 aromatic rings. The Bertz CT molecular complexity index is 702. The van der Waals surface area contributed by atoms with Crippen LogP contribution in [0.15, 0.2) is 36.9 Å². The van der Waals surface area contributed by atoms with E-state index in [1.807, 2.05) is 30.5 Å². The maximum absolute atomic E-state index is 12.5. The molecule has 1 saturated heterocycles. The van der Waals surface area contributed by atoms with Crippen LogP contribution in [-0.2, 0) is 17.9 Å². The lowest BCUT2D eigenvalue weighted by Gasteiger charge is -2.15. The highest BCUT2D eigenvalue weighted by Gasteiger charge is 2.34. The zero-order valence-corrected chi connectivity index (χ0v) is 15.0. The zero-order valence-electron chi connectivity index (χ0n) is 13.4. The fourth-order valence-electron chi connectivity index (χ4n) is 2.59. The Morgan fingerprint density at radius 1 is 1.25 bits per heavy atom. The van der Waals surface area contributed by atoms with Gasteiger partial charge in [-0.3, -0.25) is 9.69 Å². The lowest BCUT2D eigenvalue weighted by molar-refractivity contribution is -0.127. The van der Waals surface area contributed by atoms with E-state index >= 15 is 0 Å².